The minimum Gasteiger partial charge on any atom is -0.336 e. The van der Waals surface area contributed by atoms with Crippen molar-refractivity contribution in [2.45, 2.75) is 64.5 Å². The second-order valence-corrected chi connectivity index (χ2v) is 7.72. The first-order valence-corrected chi connectivity index (χ1v) is 8.47. The summed E-state index contributed by atoms with van der Waals surface area (Å²) < 4.78 is 0. The van der Waals surface area contributed by atoms with Gasteiger partial charge in [0.15, 0.2) is 0 Å². The van der Waals surface area contributed by atoms with Gasteiger partial charge in [-0.3, -0.25) is 14.5 Å². The van der Waals surface area contributed by atoms with Crippen LogP contribution in [-0.2, 0) is 9.59 Å². The number of nitrogens with zero attached hydrogens (tertiary/aromatic N) is 2. The topological polar surface area (TPSA) is 102 Å². The molecule has 7 nitrogen and oxygen atoms in total. The molecule has 1 saturated carbocycles. The normalized spacial score (nSPS) is 26.1. The molecular formula is C17H26N4O3. The highest BCUT2D eigenvalue weighted by molar-refractivity contribution is 6.08. The number of urea groups is 1. The Labute approximate surface area is 142 Å². The molecule has 4 amide bonds. The van der Waals surface area contributed by atoms with Crippen LogP contribution in [-0.4, -0.2) is 40.4 Å². The van der Waals surface area contributed by atoms with Crippen molar-refractivity contribution in [3.05, 3.63) is 0 Å². The van der Waals surface area contributed by atoms with Gasteiger partial charge < -0.3 is 10.6 Å². The molecule has 1 aliphatic carbocycles. The molecule has 0 spiro atoms. The predicted molar refractivity (Wildman–Crippen MR) is 87.6 cm³/mol. The zero-order valence-corrected chi connectivity index (χ0v) is 14.8. The van der Waals surface area contributed by atoms with E-state index in [-0.39, 0.29) is 18.4 Å². The first kappa shape index (κ1) is 18.2. The SMILES string of the molecule is CC(C)CC[C@]1(C)NC(=O)N(CC(=O)N[C@@](C)(C#N)C2CC2)C1=O. The van der Waals surface area contributed by atoms with Crippen molar-refractivity contribution in [2.75, 3.05) is 6.54 Å². The van der Waals surface area contributed by atoms with Crippen LogP contribution in [0, 0.1) is 23.2 Å². The fraction of sp³-hybridized carbons (Fsp3) is 0.765. The van der Waals surface area contributed by atoms with Crippen molar-refractivity contribution in [1.29, 1.82) is 5.26 Å². The van der Waals surface area contributed by atoms with Crippen LogP contribution in [0.5, 0.6) is 0 Å². The minimum atomic E-state index is -0.962. The second-order valence-electron chi connectivity index (χ2n) is 7.72. The molecule has 7 heteroatoms. The number of rotatable bonds is 7. The maximum absolute atomic E-state index is 12.6. The van der Waals surface area contributed by atoms with Crippen LogP contribution in [0.15, 0.2) is 0 Å². The van der Waals surface area contributed by atoms with Gasteiger partial charge in [-0.15, -0.1) is 0 Å². The molecule has 2 rings (SSSR count). The van der Waals surface area contributed by atoms with Gasteiger partial charge in [-0.05, 0) is 51.4 Å². The number of nitriles is 1. The Morgan fingerprint density at radius 1 is 1.50 bits per heavy atom. The van der Waals surface area contributed by atoms with Crippen molar-refractivity contribution in [1.82, 2.24) is 15.5 Å². The largest absolute Gasteiger partial charge is 0.336 e. The van der Waals surface area contributed by atoms with E-state index in [0.29, 0.717) is 12.3 Å². The lowest BCUT2D eigenvalue weighted by Gasteiger charge is -2.25. The predicted octanol–water partition coefficient (Wildman–Crippen LogP) is 1.54. The summed E-state index contributed by atoms with van der Waals surface area (Å²) in [5.74, 6) is -0.305. The van der Waals surface area contributed by atoms with Crippen molar-refractivity contribution in [3.63, 3.8) is 0 Å². The number of imide groups is 1. The summed E-state index contributed by atoms with van der Waals surface area (Å²) in [6.07, 6.45) is 3.14. The van der Waals surface area contributed by atoms with E-state index in [0.717, 1.165) is 24.2 Å². The Kier molecular flexibility index (Phi) is 4.88. The number of nitrogens with one attached hydrogen (secondary N) is 2. The molecular weight excluding hydrogens is 308 g/mol. The lowest BCUT2D eigenvalue weighted by Crippen LogP contribution is -2.51. The fourth-order valence-electron chi connectivity index (χ4n) is 2.99. The summed E-state index contributed by atoms with van der Waals surface area (Å²) in [7, 11) is 0. The molecule has 24 heavy (non-hydrogen) atoms. The van der Waals surface area contributed by atoms with Gasteiger partial charge in [-0.25, -0.2) is 4.79 Å². The van der Waals surface area contributed by atoms with Gasteiger partial charge in [-0.1, -0.05) is 13.8 Å². The Morgan fingerprint density at radius 3 is 2.62 bits per heavy atom. The molecule has 2 atom stereocenters. The van der Waals surface area contributed by atoms with Gasteiger partial charge in [-0.2, -0.15) is 5.26 Å². The highest BCUT2D eigenvalue weighted by atomic mass is 16.2. The van der Waals surface area contributed by atoms with Crippen LogP contribution >= 0.6 is 0 Å². The van der Waals surface area contributed by atoms with Crippen LogP contribution in [0.1, 0.15) is 53.4 Å². The maximum Gasteiger partial charge on any atom is 0.325 e. The molecule has 2 N–H and O–H groups in total. The number of carbonyl (C=O) groups excluding carboxylic acids is 3. The average molecular weight is 334 g/mol. The van der Waals surface area contributed by atoms with Gasteiger partial charge >= 0.3 is 6.03 Å². The van der Waals surface area contributed by atoms with E-state index in [4.69, 9.17) is 0 Å². The number of hydrogen-bond acceptors (Lipinski definition) is 4. The number of amides is 4. The molecule has 0 unspecified atom stereocenters. The van der Waals surface area contributed by atoms with Crippen LogP contribution in [0.3, 0.4) is 0 Å². The summed E-state index contributed by atoms with van der Waals surface area (Å²) >= 11 is 0. The second kappa shape index (κ2) is 6.42. The minimum absolute atomic E-state index is 0.144. The van der Waals surface area contributed by atoms with Crippen LogP contribution < -0.4 is 10.6 Å². The first-order chi connectivity index (χ1) is 11.1. The summed E-state index contributed by atoms with van der Waals surface area (Å²) in [6, 6.07) is 1.58. The third-order valence-electron chi connectivity index (χ3n) is 4.89. The summed E-state index contributed by atoms with van der Waals surface area (Å²) in [5, 5.41) is 14.7. The fourth-order valence-corrected chi connectivity index (χ4v) is 2.99. The Hall–Kier alpha value is -2.10. The molecule has 0 aromatic heterocycles. The van der Waals surface area contributed by atoms with E-state index in [1.807, 2.05) is 0 Å². The van der Waals surface area contributed by atoms with E-state index in [2.05, 4.69) is 30.6 Å². The summed E-state index contributed by atoms with van der Waals surface area (Å²) in [4.78, 5) is 37.9. The molecule has 0 bridgehead atoms. The lowest BCUT2D eigenvalue weighted by atomic mass is 9.92. The van der Waals surface area contributed by atoms with E-state index in [1.54, 1.807) is 13.8 Å². The van der Waals surface area contributed by atoms with Crippen LogP contribution in [0.2, 0.25) is 0 Å². The van der Waals surface area contributed by atoms with Crippen LogP contribution in [0.4, 0.5) is 4.79 Å². The zero-order chi connectivity index (χ0) is 18.1. The van der Waals surface area contributed by atoms with E-state index in [9.17, 15) is 19.6 Å². The number of hydrogen-bond donors (Lipinski definition) is 2. The van der Waals surface area contributed by atoms with Gasteiger partial charge in [0.1, 0.15) is 17.6 Å². The molecule has 0 aromatic rings. The van der Waals surface area contributed by atoms with E-state index >= 15 is 0 Å². The van der Waals surface area contributed by atoms with Gasteiger partial charge in [0.2, 0.25) is 5.91 Å². The molecule has 2 fully saturated rings. The van der Waals surface area contributed by atoms with E-state index in [1.165, 1.54) is 0 Å². The monoisotopic (exact) mass is 334 g/mol. The molecule has 1 saturated heterocycles. The third kappa shape index (κ3) is 3.69. The van der Waals surface area contributed by atoms with Crippen molar-refractivity contribution >= 4 is 17.8 Å². The smallest absolute Gasteiger partial charge is 0.325 e. The zero-order valence-electron chi connectivity index (χ0n) is 14.8. The Bertz CT molecular complexity index is 593. The van der Waals surface area contributed by atoms with Crippen molar-refractivity contribution in [3.8, 4) is 6.07 Å². The molecule has 2 aliphatic rings. The standard InChI is InChI=1S/C17H26N4O3/c1-11(2)7-8-16(3)14(23)21(15(24)20-16)9-13(22)19-17(4,10-18)12-5-6-12/h11-12H,5-9H2,1-4H3,(H,19,22)(H,20,24)/t16-,17-/m0/s1. The molecule has 132 valence electrons. The summed E-state index contributed by atoms with van der Waals surface area (Å²) in [5.41, 5.74) is -1.89. The van der Waals surface area contributed by atoms with Gasteiger partial charge in [0.05, 0.1) is 6.07 Å². The first-order valence-electron chi connectivity index (χ1n) is 8.47. The Balaban J connectivity index is 1.99. The quantitative estimate of drug-likeness (QED) is 0.689. The average Bonchev–Trinajstić information content (AvgIpc) is 3.32. The third-order valence-corrected chi connectivity index (χ3v) is 4.89. The summed E-state index contributed by atoms with van der Waals surface area (Å²) in [6.45, 7) is 7.12. The molecule has 1 aliphatic heterocycles. The lowest BCUT2D eigenvalue weighted by molar-refractivity contribution is -0.135. The highest BCUT2D eigenvalue weighted by Gasteiger charge is 2.49. The molecule has 0 radical (unpaired) electrons. The van der Waals surface area contributed by atoms with Gasteiger partial charge in [0, 0.05) is 0 Å². The van der Waals surface area contributed by atoms with Gasteiger partial charge in [0.25, 0.3) is 5.91 Å². The maximum atomic E-state index is 12.6. The number of carbonyl (C=O) groups is 3. The highest BCUT2D eigenvalue weighted by Crippen LogP contribution is 2.39. The van der Waals surface area contributed by atoms with E-state index < -0.39 is 23.0 Å². The van der Waals surface area contributed by atoms with Crippen molar-refractivity contribution < 1.29 is 14.4 Å². The van der Waals surface area contributed by atoms with Crippen LogP contribution in [0.25, 0.3) is 0 Å². The van der Waals surface area contributed by atoms with Crippen molar-refractivity contribution in [2.24, 2.45) is 11.8 Å². The Morgan fingerprint density at radius 2 is 2.12 bits per heavy atom. The molecule has 0 aromatic carbocycles. The molecule has 1 heterocycles.